The first-order valence-corrected chi connectivity index (χ1v) is 4.14. The molecule has 0 aliphatic carbocycles. The molecule has 0 saturated carbocycles. The summed E-state index contributed by atoms with van der Waals surface area (Å²) in [5.74, 6) is 0.139. The molecule has 2 nitrogen and oxygen atoms in total. The molecule has 0 aromatic carbocycles. The third-order valence-electron chi connectivity index (χ3n) is 2.27. The van der Waals surface area contributed by atoms with E-state index in [4.69, 9.17) is 0 Å². The summed E-state index contributed by atoms with van der Waals surface area (Å²) in [4.78, 5) is 3.93. The molecule has 1 N–H and O–H groups in total. The summed E-state index contributed by atoms with van der Waals surface area (Å²) in [7, 11) is 0. The molecule has 2 heteroatoms. The second-order valence-corrected chi connectivity index (χ2v) is 3.66. The van der Waals surface area contributed by atoms with Crippen LogP contribution in [0.1, 0.15) is 32.3 Å². The first-order valence-electron chi connectivity index (χ1n) is 4.14. The second-order valence-electron chi connectivity index (χ2n) is 3.66. The molecule has 0 saturated heterocycles. The predicted octanol–water partition coefficient (Wildman–Crippen LogP) is 1.96. The number of aromatic nitrogens is 1. The zero-order chi connectivity index (χ0) is 9.19. The zero-order valence-electron chi connectivity index (χ0n) is 7.78. The van der Waals surface area contributed by atoms with Gasteiger partial charge in [0.2, 0.25) is 0 Å². The largest absolute Gasteiger partial charge is 0.390 e. The highest BCUT2D eigenvalue weighted by Crippen LogP contribution is 2.26. The highest BCUT2D eigenvalue weighted by molar-refractivity contribution is 5.17. The third kappa shape index (κ3) is 2.05. The second kappa shape index (κ2) is 3.23. The Morgan fingerprint density at radius 3 is 2.25 bits per heavy atom. The van der Waals surface area contributed by atoms with Crippen molar-refractivity contribution in [3.8, 4) is 0 Å². The lowest BCUT2D eigenvalue weighted by Crippen LogP contribution is -2.26. The third-order valence-corrected chi connectivity index (χ3v) is 2.27. The minimum absolute atomic E-state index is 0.139. The van der Waals surface area contributed by atoms with Crippen molar-refractivity contribution in [3.05, 3.63) is 30.1 Å². The molecule has 1 heterocycles. The van der Waals surface area contributed by atoms with Crippen molar-refractivity contribution >= 4 is 0 Å². The van der Waals surface area contributed by atoms with Crippen LogP contribution in [0, 0.1) is 0 Å². The lowest BCUT2D eigenvalue weighted by molar-refractivity contribution is 0.0558. The van der Waals surface area contributed by atoms with Gasteiger partial charge in [-0.3, -0.25) is 4.98 Å². The van der Waals surface area contributed by atoms with Gasteiger partial charge in [-0.1, -0.05) is 6.92 Å². The van der Waals surface area contributed by atoms with Gasteiger partial charge in [-0.15, -0.1) is 0 Å². The molecule has 0 radical (unpaired) electrons. The van der Waals surface area contributed by atoms with Gasteiger partial charge in [0.25, 0.3) is 0 Å². The fourth-order valence-electron chi connectivity index (χ4n) is 1.06. The highest BCUT2D eigenvalue weighted by Gasteiger charge is 2.23. The molecular formula is C10H15NO. The number of hydrogen-bond acceptors (Lipinski definition) is 2. The Bertz CT molecular complexity index is 238. The lowest BCUT2D eigenvalue weighted by Gasteiger charge is -2.25. The molecule has 0 amide bonds. The van der Waals surface area contributed by atoms with Crippen molar-refractivity contribution in [2.45, 2.75) is 32.3 Å². The molecule has 0 aliphatic heterocycles. The van der Waals surface area contributed by atoms with E-state index in [1.807, 2.05) is 32.9 Å². The molecule has 1 unspecified atom stereocenters. The van der Waals surface area contributed by atoms with E-state index < -0.39 is 5.60 Å². The van der Waals surface area contributed by atoms with E-state index in [1.54, 1.807) is 12.4 Å². The number of nitrogens with zero attached hydrogens (tertiary/aromatic N) is 1. The van der Waals surface area contributed by atoms with E-state index in [1.165, 1.54) is 0 Å². The first-order chi connectivity index (χ1) is 5.52. The van der Waals surface area contributed by atoms with E-state index in [-0.39, 0.29) is 5.92 Å². The maximum Gasteiger partial charge on any atom is 0.0657 e. The Morgan fingerprint density at radius 2 is 1.83 bits per heavy atom. The van der Waals surface area contributed by atoms with Crippen LogP contribution in [0.3, 0.4) is 0 Å². The molecule has 1 aromatic heterocycles. The molecule has 0 fully saturated rings. The van der Waals surface area contributed by atoms with Crippen molar-refractivity contribution in [1.82, 2.24) is 4.98 Å². The molecule has 0 bridgehead atoms. The number of hydrogen-bond donors (Lipinski definition) is 1. The van der Waals surface area contributed by atoms with Gasteiger partial charge in [-0.05, 0) is 31.5 Å². The maximum atomic E-state index is 9.72. The monoisotopic (exact) mass is 165 g/mol. The van der Waals surface area contributed by atoms with E-state index in [2.05, 4.69) is 4.98 Å². The summed E-state index contributed by atoms with van der Waals surface area (Å²) >= 11 is 0. The summed E-state index contributed by atoms with van der Waals surface area (Å²) in [6.45, 7) is 5.64. The van der Waals surface area contributed by atoms with Crippen molar-refractivity contribution in [3.63, 3.8) is 0 Å². The highest BCUT2D eigenvalue weighted by atomic mass is 16.3. The Hall–Kier alpha value is -0.890. The summed E-state index contributed by atoms with van der Waals surface area (Å²) in [6, 6.07) is 3.87. The number of rotatable bonds is 2. The van der Waals surface area contributed by atoms with Gasteiger partial charge >= 0.3 is 0 Å². The smallest absolute Gasteiger partial charge is 0.0657 e. The predicted molar refractivity (Wildman–Crippen MR) is 48.9 cm³/mol. The van der Waals surface area contributed by atoms with Crippen LogP contribution in [0.5, 0.6) is 0 Å². The van der Waals surface area contributed by atoms with Gasteiger partial charge in [-0.25, -0.2) is 0 Å². The van der Waals surface area contributed by atoms with E-state index in [9.17, 15) is 5.11 Å². The standard InChI is InChI=1S/C10H15NO/c1-8(10(2,3)12)9-4-6-11-7-5-9/h4-8,12H,1-3H3. The SMILES string of the molecule is CC(c1ccncc1)C(C)(C)O. The average molecular weight is 165 g/mol. The summed E-state index contributed by atoms with van der Waals surface area (Å²) in [6.07, 6.45) is 3.50. The van der Waals surface area contributed by atoms with Crippen LogP contribution < -0.4 is 0 Å². The molecule has 0 aliphatic rings. The van der Waals surface area contributed by atoms with Crippen LogP contribution in [-0.4, -0.2) is 15.7 Å². The van der Waals surface area contributed by atoms with Gasteiger partial charge in [0.15, 0.2) is 0 Å². The average Bonchev–Trinajstić information content (AvgIpc) is 2.03. The molecule has 1 rings (SSSR count). The summed E-state index contributed by atoms with van der Waals surface area (Å²) in [5.41, 5.74) is 0.457. The van der Waals surface area contributed by atoms with Gasteiger partial charge < -0.3 is 5.11 Å². The normalized spacial score (nSPS) is 14.3. The van der Waals surface area contributed by atoms with Crippen molar-refractivity contribution in [1.29, 1.82) is 0 Å². The van der Waals surface area contributed by atoms with E-state index in [0.29, 0.717) is 0 Å². The molecule has 1 aromatic rings. The van der Waals surface area contributed by atoms with Gasteiger partial charge in [0.05, 0.1) is 5.60 Å². The Kier molecular flexibility index (Phi) is 2.48. The summed E-state index contributed by atoms with van der Waals surface area (Å²) < 4.78 is 0. The fourth-order valence-corrected chi connectivity index (χ4v) is 1.06. The Labute approximate surface area is 73.3 Å². The first kappa shape index (κ1) is 9.20. The Balaban J connectivity index is 2.86. The number of aliphatic hydroxyl groups is 1. The van der Waals surface area contributed by atoms with Gasteiger partial charge in [0.1, 0.15) is 0 Å². The van der Waals surface area contributed by atoms with Crippen LogP contribution in [0.4, 0.5) is 0 Å². The fraction of sp³-hybridized carbons (Fsp3) is 0.500. The lowest BCUT2D eigenvalue weighted by atomic mass is 9.87. The van der Waals surface area contributed by atoms with Crippen LogP contribution in [0.15, 0.2) is 24.5 Å². The topological polar surface area (TPSA) is 33.1 Å². The number of pyridine rings is 1. The Morgan fingerprint density at radius 1 is 1.33 bits per heavy atom. The van der Waals surface area contributed by atoms with E-state index >= 15 is 0 Å². The van der Waals surface area contributed by atoms with Crippen LogP contribution in [-0.2, 0) is 0 Å². The van der Waals surface area contributed by atoms with Crippen LogP contribution >= 0.6 is 0 Å². The molecular weight excluding hydrogens is 150 g/mol. The van der Waals surface area contributed by atoms with Crippen molar-refractivity contribution in [2.75, 3.05) is 0 Å². The quantitative estimate of drug-likeness (QED) is 0.726. The minimum Gasteiger partial charge on any atom is -0.390 e. The summed E-state index contributed by atoms with van der Waals surface area (Å²) in [5, 5.41) is 9.72. The molecule has 66 valence electrons. The van der Waals surface area contributed by atoms with Crippen LogP contribution in [0.25, 0.3) is 0 Å². The molecule has 12 heavy (non-hydrogen) atoms. The molecule has 0 spiro atoms. The van der Waals surface area contributed by atoms with E-state index in [0.717, 1.165) is 5.56 Å². The minimum atomic E-state index is -0.665. The zero-order valence-corrected chi connectivity index (χ0v) is 7.78. The van der Waals surface area contributed by atoms with Gasteiger partial charge in [0, 0.05) is 18.3 Å². The maximum absolute atomic E-state index is 9.72. The van der Waals surface area contributed by atoms with Crippen molar-refractivity contribution < 1.29 is 5.11 Å². The molecule has 1 atom stereocenters. The van der Waals surface area contributed by atoms with Crippen LogP contribution in [0.2, 0.25) is 0 Å². The van der Waals surface area contributed by atoms with Crippen molar-refractivity contribution in [2.24, 2.45) is 0 Å². The van der Waals surface area contributed by atoms with Gasteiger partial charge in [-0.2, -0.15) is 0 Å².